The summed E-state index contributed by atoms with van der Waals surface area (Å²) in [5.41, 5.74) is 3.04. The molecular weight excluding hydrogens is 436 g/mol. The maximum Gasteiger partial charge on any atom is 0.159 e. The number of aliphatic hydroxyl groups is 1. The lowest BCUT2D eigenvalue weighted by atomic mass is 9.67. The highest BCUT2D eigenvalue weighted by Gasteiger charge is 2.50. The molecule has 1 aromatic heterocycles. The van der Waals surface area contributed by atoms with Crippen molar-refractivity contribution in [3.63, 3.8) is 0 Å². The predicted molar refractivity (Wildman–Crippen MR) is 144 cm³/mol. The smallest absolute Gasteiger partial charge is 0.159 e. The Kier molecular flexibility index (Phi) is 8.43. The Balaban J connectivity index is 1.85. The van der Waals surface area contributed by atoms with Crippen LogP contribution in [-0.2, 0) is 4.74 Å². The number of rotatable bonds is 2. The van der Waals surface area contributed by atoms with Gasteiger partial charge in [0.05, 0.1) is 17.6 Å². The second kappa shape index (κ2) is 10.6. The van der Waals surface area contributed by atoms with Crippen LogP contribution in [0.3, 0.4) is 0 Å². The van der Waals surface area contributed by atoms with Crippen LogP contribution in [0.15, 0.2) is 40.7 Å². The van der Waals surface area contributed by atoms with Gasteiger partial charge in [0.2, 0.25) is 0 Å². The number of aliphatic hydroxyl groups excluding tert-OH is 1. The molecule has 196 valence electrons. The Morgan fingerprint density at radius 1 is 1.23 bits per heavy atom. The maximum absolute atomic E-state index is 11.1. The normalized spacial score (nSPS) is 37.5. The molecule has 2 saturated heterocycles. The first-order valence-corrected chi connectivity index (χ1v) is 13.4. The summed E-state index contributed by atoms with van der Waals surface area (Å²) < 4.78 is 12.0. The number of aryl methyl sites for hydroxylation is 1. The van der Waals surface area contributed by atoms with Gasteiger partial charge in [-0.1, -0.05) is 64.9 Å². The van der Waals surface area contributed by atoms with Crippen molar-refractivity contribution in [2.75, 3.05) is 0 Å². The fraction of sp³-hybridized carbons (Fsp3) is 0.700. The van der Waals surface area contributed by atoms with Crippen molar-refractivity contribution in [3.05, 3.63) is 47.6 Å². The average Bonchev–Trinajstić information content (AvgIpc) is 3.22. The third kappa shape index (κ3) is 6.48. The molecule has 2 aliphatic heterocycles. The summed E-state index contributed by atoms with van der Waals surface area (Å²) in [4.78, 5) is 0. The third-order valence-corrected chi connectivity index (χ3v) is 9.07. The van der Waals surface area contributed by atoms with E-state index in [1.165, 1.54) is 0 Å². The SMILES string of the molecule is C=C1C[C@H](C)C(C)(C)C(=C)[C@H](C)[C@@H](O)[C@@H](C)CCC[C@@]2(C)NC2C[C@@H](/C(C)=C/c2cc(C)no2)O1. The Hall–Kier alpha value is -1.85. The Morgan fingerprint density at radius 2 is 1.91 bits per heavy atom. The summed E-state index contributed by atoms with van der Waals surface area (Å²) in [6.07, 6.45) is 6.38. The molecule has 7 atom stereocenters. The van der Waals surface area contributed by atoms with Crippen LogP contribution in [0.25, 0.3) is 6.08 Å². The summed E-state index contributed by atoms with van der Waals surface area (Å²) in [7, 11) is 0. The van der Waals surface area contributed by atoms with E-state index in [9.17, 15) is 5.11 Å². The largest absolute Gasteiger partial charge is 0.491 e. The molecule has 0 radical (unpaired) electrons. The Morgan fingerprint density at radius 3 is 2.54 bits per heavy atom. The molecule has 0 aliphatic carbocycles. The van der Waals surface area contributed by atoms with Gasteiger partial charge in [-0.3, -0.25) is 0 Å². The van der Waals surface area contributed by atoms with E-state index in [1.54, 1.807) is 0 Å². The van der Waals surface area contributed by atoms with E-state index in [2.05, 4.69) is 72.1 Å². The maximum atomic E-state index is 11.1. The lowest BCUT2D eigenvalue weighted by Crippen LogP contribution is -2.35. The van der Waals surface area contributed by atoms with Crippen LogP contribution in [0.2, 0.25) is 0 Å². The number of hydrogen-bond acceptors (Lipinski definition) is 5. The topological polar surface area (TPSA) is 77.4 Å². The van der Waals surface area contributed by atoms with Crippen LogP contribution in [0.1, 0.15) is 92.0 Å². The minimum atomic E-state index is -0.381. The van der Waals surface area contributed by atoms with Gasteiger partial charge >= 0.3 is 0 Å². The molecule has 0 saturated carbocycles. The standard InChI is InChI=1S/C30H48N2O3/c1-18-12-11-13-30(10)27(31-30)17-26(19(2)14-25-16-21(4)32-35-25)34-22(5)15-20(3)29(8,9)24(7)23(6)28(18)33/h14,16,18,20,23,26-28,31,33H,5,7,11-13,15,17H2,1-4,6,8-10H3/b19-14+/t18-,20-,23-,26-,27?,28-,30+/m0/s1. The van der Waals surface area contributed by atoms with Gasteiger partial charge in [-0.25, -0.2) is 0 Å². The highest BCUT2D eigenvalue weighted by molar-refractivity contribution is 5.48. The van der Waals surface area contributed by atoms with Crippen LogP contribution in [-0.4, -0.2) is 34.1 Å². The van der Waals surface area contributed by atoms with Crippen molar-refractivity contribution in [1.82, 2.24) is 10.5 Å². The summed E-state index contributed by atoms with van der Waals surface area (Å²) in [5.74, 6) is 2.09. The molecule has 2 N–H and O–H groups in total. The van der Waals surface area contributed by atoms with Gasteiger partial charge in [-0.15, -0.1) is 0 Å². The molecule has 0 amide bonds. The van der Waals surface area contributed by atoms with Crippen molar-refractivity contribution in [3.8, 4) is 0 Å². The van der Waals surface area contributed by atoms with Crippen molar-refractivity contribution in [2.45, 2.75) is 111 Å². The van der Waals surface area contributed by atoms with Crippen molar-refractivity contribution in [1.29, 1.82) is 0 Å². The van der Waals surface area contributed by atoms with E-state index in [0.717, 1.165) is 60.5 Å². The van der Waals surface area contributed by atoms with Crippen LogP contribution in [0.5, 0.6) is 0 Å². The molecule has 0 bridgehead atoms. The summed E-state index contributed by atoms with van der Waals surface area (Å²) >= 11 is 0. The fourth-order valence-electron chi connectivity index (χ4n) is 5.64. The van der Waals surface area contributed by atoms with E-state index >= 15 is 0 Å². The first-order chi connectivity index (χ1) is 16.2. The molecule has 2 aliphatic rings. The third-order valence-electron chi connectivity index (χ3n) is 9.07. The lowest BCUT2D eigenvalue weighted by Gasteiger charge is -2.40. The van der Waals surface area contributed by atoms with E-state index in [1.807, 2.05) is 19.1 Å². The second-order valence-electron chi connectivity index (χ2n) is 12.3. The number of fused-ring (bicyclic) bond motifs is 1. The molecule has 2 fully saturated rings. The molecule has 3 rings (SSSR count). The zero-order valence-corrected chi connectivity index (χ0v) is 23.3. The number of ether oxygens (including phenoxy) is 1. The lowest BCUT2D eigenvalue weighted by molar-refractivity contribution is 0.0588. The quantitative estimate of drug-likeness (QED) is 0.355. The van der Waals surface area contributed by atoms with Gasteiger partial charge < -0.3 is 19.7 Å². The van der Waals surface area contributed by atoms with E-state index in [-0.39, 0.29) is 40.9 Å². The van der Waals surface area contributed by atoms with Crippen molar-refractivity contribution < 1.29 is 14.4 Å². The molecule has 0 aromatic carbocycles. The fourth-order valence-corrected chi connectivity index (χ4v) is 5.64. The van der Waals surface area contributed by atoms with E-state index in [4.69, 9.17) is 9.26 Å². The average molecular weight is 485 g/mol. The Labute approximate surface area is 213 Å². The summed E-state index contributed by atoms with van der Waals surface area (Å²) in [6.45, 7) is 26.1. The summed E-state index contributed by atoms with van der Waals surface area (Å²) in [5, 5.41) is 18.9. The molecule has 3 heterocycles. The van der Waals surface area contributed by atoms with Crippen LogP contribution >= 0.6 is 0 Å². The molecule has 1 unspecified atom stereocenters. The van der Waals surface area contributed by atoms with Gasteiger partial charge in [0.15, 0.2) is 5.76 Å². The minimum Gasteiger partial charge on any atom is -0.491 e. The molecule has 5 nitrogen and oxygen atoms in total. The first-order valence-electron chi connectivity index (χ1n) is 13.4. The van der Waals surface area contributed by atoms with Gasteiger partial charge in [-0.2, -0.15) is 0 Å². The first kappa shape index (κ1) is 27.7. The van der Waals surface area contributed by atoms with Crippen molar-refractivity contribution in [2.24, 2.45) is 23.2 Å². The van der Waals surface area contributed by atoms with Gasteiger partial charge in [0.25, 0.3) is 0 Å². The number of hydrogen-bond donors (Lipinski definition) is 2. The second-order valence-corrected chi connectivity index (χ2v) is 12.3. The molecule has 1 aromatic rings. The highest BCUT2D eigenvalue weighted by atomic mass is 16.5. The molecular formula is C30H48N2O3. The molecule has 0 spiro atoms. The summed E-state index contributed by atoms with van der Waals surface area (Å²) in [6, 6.07) is 2.33. The number of aromatic nitrogens is 1. The van der Waals surface area contributed by atoms with Crippen molar-refractivity contribution >= 4 is 6.08 Å². The van der Waals surface area contributed by atoms with E-state index in [0.29, 0.717) is 6.04 Å². The zero-order chi connectivity index (χ0) is 26.1. The van der Waals surface area contributed by atoms with E-state index < -0.39 is 0 Å². The van der Waals surface area contributed by atoms with Gasteiger partial charge in [0, 0.05) is 36.4 Å². The number of nitrogens with zero attached hydrogens (tertiary/aromatic N) is 1. The zero-order valence-electron chi connectivity index (χ0n) is 23.3. The van der Waals surface area contributed by atoms with Crippen LogP contribution in [0, 0.1) is 30.1 Å². The predicted octanol–water partition coefficient (Wildman–Crippen LogP) is 6.83. The van der Waals surface area contributed by atoms with Gasteiger partial charge in [0.1, 0.15) is 6.10 Å². The number of allylic oxidation sites excluding steroid dienone is 1. The highest BCUT2D eigenvalue weighted by Crippen LogP contribution is 2.44. The molecule has 35 heavy (non-hydrogen) atoms. The van der Waals surface area contributed by atoms with Crippen LogP contribution < -0.4 is 5.32 Å². The monoisotopic (exact) mass is 484 g/mol. The molecule has 5 heteroatoms. The van der Waals surface area contributed by atoms with Gasteiger partial charge in [-0.05, 0) is 62.5 Å². The number of nitrogens with one attached hydrogen (secondary N) is 1. The minimum absolute atomic E-state index is 0.0372. The Bertz CT molecular complexity index is 945. The van der Waals surface area contributed by atoms with Crippen LogP contribution in [0.4, 0.5) is 0 Å².